The van der Waals surface area contributed by atoms with Gasteiger partial charge in [-0.05, 0) is 25.3 Å². The third-order valence-corrected chi connectivity index (χ3v) is 3.33. The van der Waals surface area contributed by atoms with Crippen LogP contribution in [0.2, 0.25) is 0 Å². The van der Waals surface area contributed by atoms with E-state index in [2.05, 4.69) is 17.1 Å². The average Bonchev–Trinajstić information content (AvgIpc) is 2.40. The van der Waals surface area contributed by atoms with Crippen molar-refractivity contribution in [3.8, 4) is 11.3 Å². The van der Waals surface area contributed by atoms with Gasteiger partial charge in [-0.1, -0.05) is 36.4 Å². The minimum atomic E-state index is -0.323. The third-order valence-electron chi connectivity index (χ3n) is 3.33. The highest BCUT2D eigenvalue weighted by atomic mass is 16.3. The number of nitrogens with zero attached hydrogens (tertiary/aromatic N) is 1. The largest absolute Gasteiger partial charge is 0.388 e. The number of fused-ring (bicyclic) bond motifs is 1. The van der Waals surface area contributed by atoms with Gasteiger partial charge in [0.05, 0.1) is 11.8 Å². The van der Waals surface area contributed by atoms with Crippen LogP contribution in [-0.4, -0.2) is 10.1 Å². The second-order valence-corrected chi connectivity index (χ2v) is 4.51. The Labute approximate surface area is 101 Å². The molecule has 1 N–H and O–H groups in total. The first-order chi connectivity index (χ1) is 8.34. The molecule has 0 saturated heterocycles. The summed E-state index contributed by atoms with van der Waals surface area (Å²) in [6.45, 7) is 0. The molecule has 2 aromatic rings. The van der Waals surface area contributed by atoms with Crippen LogP contribution in [-0.2, 0) is 6.42 Å². The molecule has 0 bridgehead atoms. The number of hydrogen-bond acceptors (Lipinski definition) is 2. The molecule has 1 aromatic heterocycles. The molecule has 1 unspecified atom stereocenters. The molecule has 2 nitrogen and oxygen atoms in total. The summed E-state index contributed by atoms with van der Waals surface area (Å²) < 4.78 is 0. The number of rotatable bonds is 1. The Hall–Kier alpha value is -1.67. The fourth-order valence-corrected chi connectivity index (χ4v) is 2.40. The van der Waals surface area contributed by atoms with E-state index in [0.29, 0.717) is 0 Å². The zero-order valence-corrected chi connectivity index (χ0v) is 9.63. The topological polar surface area (TPSA) is 33.1 Å². The fraction of sp³-hybridized carbons (Fsp3) is 0.267. The molecule has 0 fully saturated rings. The summed E-state index contributed by atoms with van der Waals surface area (Å²) in [4.78, 5) is 4.67. The van der Waals surface area contributed by atoms with Crippen LogP contribution in [0.4, 0.5) is 0 Å². The zero-order chi connectivity index (χ0) is 11.7. The zero-order valence-electron chi connectivity index (χ0n) is 9.63. The molecule has 0 spiro atoms. The molecule has 1 atom stereocenters. The standard InChI is InChI=1S/C15H15NO/c17-15-8-4-7-14-12(15)9-10-13(16-14)11-5-2-1-3-6-11/h1-3,5-6,9-10,15,17H,4,7-8H2. The van der Waals surface area contributed by atoms with Crippen molar-refractivity contribution in [3.63, 3.8) is 0 Å². The van der Waals surface area contributed by atoms with Gasteiger partial charge in [0.25, 0.3) is 0 Å². The summed E-state index contributed by atoms with van der Waals surface area (Å²) in [5.74, 6) is 0. The summed E-state index contributed by atoms with van der Waals surface area (Å²) >= 11 is 0. The maximum absolute atomic E-state index is 9.88. The Morgan fingerprint density at radius 2 is 1.88 bits per heavy atom. The van der Waals surface area contributed by atoms with E-state index in [-0.39, 0.29) is 6.10 Å². The van der Waals surface area contributed by atoms with Crippen molar-refractivity contribution in [3.05, 3.63) is 53.7 Å². The van der Waals surface area contributed by atoms with Crippen LogP contribution >= 0.6 is 0 Å². The smallest absolute Gasteiger partial charge is 0.0807 e. The maximum atomic E-state index is 9.88. The first-order valence-corrected chi connectivity index (χ1v) is 6.08. The van der Waals surface area contributed by atoms with Crippen LogP contribution in [0, 0.1) is 0 Å². The average molecular weight is 225 g/mol. The molecular weight excluding hydrogens is 210 g/mol. The molecule has 3 rings (SSSR count). The number of aromatic nitrogens is 1. The van der Waals surface area contributed by atoms with Crippen LogP contribution in [0.1, 0.15) is 30.2 Å². The summed E-state index contributed by atoms with van der Waals surface area (Å²) in [6, 6.07) is 14.2. The molecule has 1 aliphatic rings. The van der Waals surface area contributed by atoms with Gasteiger partial charge in [-0.15, -0.1) is 0 Å². The normalized spacial score (nSPS) is 18.8. The molecule has 1 aromatic carbocycles. The van der Waals surface area contributed by atoms with E-state index in [1.54, 1.807) is 0 Å². The highest BCUT2D eigenvalue weighted by molar-refractivity contribution is 5.59. The molecule has 0 radical (unpaired) electrons. The summed E-state index contributed by atoms with van der Waals surface area (Å²) in [5, 5.41) is 9.88. The quantitative estimate of drug-likeness (QED) is 0.809. The SMILES string of the molecule is OC1CCCc2nc(-c3ccccc3)ccc21. The highest BCUT2D eigenvalue weighted by Gasteiger charge is 2.19. The van der Waals surface area contributed by atoms with E-state index in [1.807, 2.05) is 30.3 Å². The van der Waals surface area contributed by atoms with Crippen LogP contribution < -0.4 is 0 Å². The van der Waals surface area contributed by atoms with Gasteiger partial charge in [0.2, 0.25) is 0 Å². The van der Waals surface area contributed by atoms with Crippen molar-refractivity contribution in [1.29, 1.82) is 0 Å². The molecular formula is C15H15NO. The lowest BCUT2D eigenvalue weighted by atomic mass is 9.93. The van der Waals surface area contributed by atoms with Crippen LogP contribution in [0.3, 0.4) is 0 Å². The van der Waals surface area contributed by atoms with Gasteiger partial charge in [-0.2, -0.15) is 0 Å². The van der Waals surface area contributed by atoms with E-state index >= 15 is 0 Å². The van der Waals surface area contributed by atoms with Crippen molar-refractivity contribution >= 4 is 0 Å². The number of aliphatic hydroxyl groups excluding tert-OH is 1. The van der Waals surface area contributed by atoms with Gasteiger partial charge in [0.15, 0.2) is 0 Å². The summed E-state index contributed by atoms with van der Waals surface area (Å²) in [5.41, 5.74) is 4.20. The monoisotopic (exact) mass is 225 g/mol. The number of pyridine rings is 1. The van der Waals surface area contributed by atoms with Crippen molar-refractivity contribution in [2.75, 3.05) is 0 Å². The van der Waals surface area contributed by atoms with Gasteiger partial charge in [-0.3, -0.25) is 4.98 Å². The lowest BCUT2D eigenvalue weighted by molar-refractivity contribution is 0.155. The first kappa shape index (κ1) is 10.5. The summed E-state index contributed by atoms with van der Waals surface area (Å²) in [7, 11) is 0. The van der Waals surface area contributed by atoms with Gasteiger partial charge in [-0.25, -0.2) is 0 Å². The van der Waals surface area contributed by atoms with Crippen LogP contribution in [0.5, 0.6) is 0 Å². The molecule has 0 saturated carbocycles. The van der Waals surface area contributed by atoms with Crippen LogP contribution in [0.15, 0.2) is 42.5 Å². The van der Waals surface area contributed by atoms with E-state index in [1.165, 1.54) is 0 Å². The molecule has 2 heteroatoms. The highest BCUT2D eigenvalue weighted by Crippen LogP contribution is 2.30. The van der Waals surface area contributed by atoms with Gasteiger partial charge in [0.1, 0.15) is 0 Å². The van der Waals surface area contributed by atoms with Gasteiger partial charge in [0, 0.05) is 16.8 Å². The van der Waals surface area contributed by atoms with E-state index < -0.39 is 0 Å². The second kappa shape index (κ2) is 4.30. The van der Waals surface area contributed by atoms with Crippen molar-refractivity contribution in [1.82, 2.24) is 4.98 Å². The van der Waals surface area contributed by atoms with Crippen molar-refractivity contribution < 1.29 is 5.11 Å². The van der Waals surface area contributed by atoms with Gasteiger partial charge >= 0.3 is 0 Å². The van der Waals surface area contributed by atoms with E-state index in [9.17, 15) is 5.11 Å². The van der Waals surface area contributed by atoms with E-state index in [0.717, 1.165) is 41.8 Å². The van der Waals surface area contributed by atoms with Gasteiger partial charge < -0.3 is 5.11 Å². The molecule has 1 heterocycles. The second-order valence-electron chi connectivity index (χ2n) is 4.51. The predicted octanol–water partition coefficient (Wildman–Crippen LogP) is 3.12. The number of benzene rings is 1. The lowest BCUT2D eigenvalue weighted by Crippen LogP contribution is -2.11. The summed E-state index contributed by atoms with van der Waals surface area (Å²) in [6.07, 6.45) is 2.54. The van der Waals surface area contributed by atoms with Crippen molar-refractivity contribution in [2.45, 2.75) is 25.4 Å². The van der Waals surface area contributed by atoms with E-state index in [4.69, 9.17) is 0 Å². The Morgan fingerprint density at radius 1 is 1.06 bits per heavy atom. The fourth-order valence-electron chi connectivity index (χ4n) is 2.40. The molecule has 0 amide bonds. The Bertz CT molecular complexity index is 522. The molecule has 86 valence electrons. The van der Waals surface area contributed by atoms with Crippen LogP contribution in [0.25, 0.3) is 11.3 Å². The number of aryl methyl sites for hydroxylation is 1. The Kier molecular flexibility index (Phi) is 2.65. The number of hydrogen-bond donors (Lipinski definition) is 1. The Morgan fingerprint density at radius 3 is 2.71 bits per heavy atom. The minimum Gasteiger partial charge on any atom is -0.388 e. The lowest BCUT2D eigenvalue weighted by Gasteiger charge is -2.20. The minimum absolute atomic E-state index is 0.323. The predicted molar refractivity (Wildman–Crippen MR) is 67.6 cm³/mol. The maximum Gasteiger partial charge on any atom is 0.0807 e. The number of aliphatic hydroxyl groups is 1. The Balaban J connectivity index is 2.04. The molecule has 0 aliphatic heterocycles. The first-order valence-electron chi connectivity index (χ1n) is 6.08. The van der Waals surface area contributed by atoms with Crippen molar-refractivity contribution in [2.24, 2.45) is 0 Å². The third kappa shape index (κ3) is 1.96. The molecule has 17 heavy (non-hydrogen) atoms. The molecule has 1 aliphatic carbocycles.